The van der Waals surface area contributed by atoms with E-state index in [1.165, 1.54) is 0 Å². The topological polar surface area (TPSA) is 46.5 Å². The van der Waals surface area contributed by atoms with Gasteiger partial charge in [0.05, 0.1) is 12.2 Å². The molecule has 0 saturated heterocycles. The minimum atomic E-state index is -2.03. The van der Waals surface area contributed by atoms with Crippen molar-refractivity contribution in [2.75, 3.05) is 0 Å². The SMILES string of the molecule is C=C(CC)[C@@H](O[Si](C)(C)C(C)(C)C)[C@H](C)C(=O)[C@H](C)[C@@H](O)C(=C)C. The Balaban J connectivity index is 5.51. The zero-order valence-electron chi connectivity index (χ0n) is 17.2. The van der Waals surface area contributed by atoms with Crippen LogP contribution >= 0.6 is 0 Å². The summed E-state index contributed by atoms with van der Waals surface area (Å²) in [6.07, 6.45) is -0.347. The van der Waals surface area contributed by atoms with Gasteiger partial charge in [0.1, 0.15) is 5.78 Å². The average molecular weight is 355 g/mol. The smallest absolute Gasteiger partial charge is 0.192 e. The molecule has 0 aliphatic heterocycles. The fourth-order valence-corrected chi connectivity index (χ4v) is 3.74. The zero-order valence-corrected chi connectivity index (χ0v) is 18.2. The Morgan fingerprint density at radius 2 is 1.62 bits per heavy atom. The van der Waals surface area contributed by atoms with Crippen LogP contribution in [0.1, 0.15) is 54.9 Å². The minimum absolute atomic E-state index is 0.00353. The highest BCUT2D eigenvalue weighted by Gasteiger charge is 2.42. The summed E-state index contributed by atoms with van der Waals surface area (Å²) in [6, 6.07) is 0. The molecule has 0 saturated carbocycles. The molecule has 24 heavy (non-hydrogen) atoms. The number of ketones is 1. The van der Waals surface area contributed by atoms with Crippen LogP contribution in [0.3, 0.4) is 0 Å². The summed E-state index contributed by atoms with van der Waals surface area (Å²) in [5, 5.41) is 10.2. The Kier molecular flexibility index (Phi) is 8.34. The lowest BCUT2D eigenvalue weighted by atomic mass is 9.84. The second-order valence-electron chi connectivity index (χ2n) is 8.58. The van der Waals surface area contributed by atoms with E-state index in [9.17, 15) is 9.90 Å². The van der Waals surface area contributed by atoms with Crippen LogP contribution in [-0.4, -0.2) is 31.4 Å². The number of hydrogen-bond donors (Lipinski definition) is 1. The molecule has 0 rings (SSSR count). The third kappa shape index (κ3) is 5.68. The summed E-state index contributed by atoms with van der Waals surface area (Å²) in [4.78, 5) is 12.9. The van der Waals surface area contributed by atoms with Gasteiger partial charge < -0.3 is 9.53 Å². The summed E-state index contributed by atoms with van der Waals surface area (Å²) in [6.45, 7) is 26.3. The Labute approximate surface area is 150 Å². The summed E-state index contributed by atoms with van der Waals surface area (Å²) in [5.41, 5.74) is 1.55. The van der Waals surface area contributed by atoms with Crippen LogP contribution in [0.4, 0.5) is 0 Å². The minimum Gasteiger partial charge on any atom is -0.410 e. The van der Waals surface area contributed by atoms with E-state index < -0.39 is 20.3 Å². The first-order chi connectivity index (χ1) is 10.7. The van der Waals surface area contributed by atoms with Crippen molar-refractivity contribution in [2.45, 2.75) is 85.2 Å². The summed E-state index contributed by atoms with van der Waals surface area (Å²) < 4.78 is 6.54. The highest BCUT2D eigenvalue weighted by Crippen LogP contribution is 2.39. The van der Waals surface area contributed by atoms with Crippen molar-refractivity contribution < 1.29 is 14.3 Å². The van der Waals surface area contributed by atoms with Gasteiger partial charge in [-0.3, -0.25) is 4.79 Å². The van der Waals surface area contributed by atoms with Crippen LogP contribution in [0.25, 0.3) is 0 Å². The molecule has 0 unspecified atom stereocenters. The standard InChI is InChI=1S/C20H38O3Si/c1-12-14(4)19(23-24(10,11)20(7,8)9)16(6)18(22)15(5)17(21)13(2)3/h15-17,19,21H,2,4,12H2,1,3,5-11H3/t15-,16-,17+,19-/m1/s1. The second-order valence-corrected chi connectivity index (χ2v) is 13.3. The lowest BCUT2D eigenvalue weighted by Crippen LogP contribution is -2.48. The van der Waals surface area contributed by atoms with Gasteiger partial charge in [-0.05, 0) is 37.0 Å². The zero-order chi connectivity index (χ0) is 19.5. The second kappa shape index (κ2) is 8.59. The van der Waals surface area contributed by atoms with Crippen LogP contribution < -0.4 is 0 Å². The Hall–Kier alpha value is -0.713. The van der Waals surface area contributed by atoms with Crippen LogP contribution in [0.5, 0.6) is 0 Å². The van der Waals surface area contributed by atoms with Crippen LogP contribution in [-0.2, 0) is 9.22 Å². The van der Waals surface area contributed by atoms with E-state index in [0.717, 1.165) is 12.0 Å². The molecule has 0 aromatic carbocycles. The number of aliphatic hydroxyl groups is 1. The first-order valence-electron chi connectivity index (χ1n) is 8.90. The fraction of sp³-hybridized carbons (Fsp3) is 0.750. The number of carbonyl (C=O) groups excluding carboxylic acids is 1. The van der Waals surface area contributed by atoms with Crippen molar-refractivity contribution in [1.29, 1.82) is 0 Å². The van der Waals surface area contributed by atoms with Gasteiger partial charge in [-0.2, -0.15) is 0 Å². The molecular weight excluding hydrogens is 316 g/mol. The molecule has 3 nitrogen and oxygen atoms in total. The van der Waals surface area contributed by atoms with Crippen LogP contribution in [0.15, 0.2) is 24.3 Å². The molecule has 140 valence electrons. The van der Waals surface area contributed by atoms with Gasteiger partial charge in [0.15, 0.2) is 8.32 Å². The molecule has 0 amide bonds. The molecule has 0 aliphatic carbocycles. The molecule has 4 heteroatoms. The van der Waals surface area contributed by atoms with Crippen molar-refractivity contribution in [3.63, 3.8) is 0 Å². The number of aliphatic hydroxyl groups excluding tert-OH is 1. The molecule has 0 fully saturated rings. The monoisotopic (exact) mass is 354 g/mol. The van der Waals surface area contributed by atoms with Gasteiger partial charge in [-0.1, -0.05) is 60.3 Å². The van der Waals surface area contributed by atoms with E-state index in [2.05, 4.69) is 47.0 Å². The number of hydrogen-bond acceptors (Lipinski definition) is 3. The number of rotatable bonds is 9. The Bertz CT molecular complexity index is 474. The molecule has 0 heterocycles. The molecule has 0 radical (unpaired) electrons. The molecule has 0 bridgehead atoms. The normalized spacial score (nSPS) is 17.8. The van der Waals surface area contributed by atoms with Crippen LogP contribution in [0.2, 0.25) is 18.1 Å². The summed E-state index contributed by atoms with van der Waals surface area (Å²) in [7, 11) is -2.03. The number of Topliss-reactive ketones (excluding diaryl/α,β-unsaturated/α-hetero) is 1. The molecule has 0 aromatic heterocycles. The van der Waals surface area contributed by atoms with E-state index in [4.69, 9.17) is 4.43 Å². The largest absolute Gasteiger partial charge is 0.410 e. The third-order valence-electron chi connectivity index (χ3n) is 5.41. The highest BCUT2D eigenvalue weighted by atomic mass is 28.4. The fourth-order valence-electron chi connectivity index (χ4n) is 2.38. The van der Waals surface area contributed by atoms with Crippen molar-refractivity contribution >= 4 is 14.1 Å². The van der Waals surface area contributed by atoms with Gasteiger partial charge in [-0.15, -0.1) is 0 Å². The van der Waals surface area contributed by atoms with E-state index in [0.29, 0.717) is 5.57 Å². The van der Waals surface area contributed by atoms with Crippen molar-refractivity contribution in [3.05, 3.63) is 24.3 Å². The lowest BCUT2D eigenvalue weighted by molar-refractivity contribution is -0.130. The lowest BCUT2D eigenvalue weighted by Gasteiger charge is -2.41. The van der Waals surface area contributed by atoms with Crippen molar-refractivity contribution in [3.8, 4) is 0 Å². The van der Waals surface area contributed by atoms with Crippen molar-refractivity contribution in [2.24, 2.45) is 11.8 Å². The van der Waals surface area contributed by atoms with E-state index in [-0.39, 0.29) is 22.8 Å². The van der Waals surface area contributed by atoms with E-state index in [1.807, 2.05) is 13.8 Å². The maximum atomic E-state index is 12.9. The van der Waals surface area contributed by atoms with Crippen molar-refractivity contribution in [1.82, 2.24) is 0 Å². The van der Waals surface area contributed by atoms with Gasteiger partial charge in [-0.25, -0.2) is 0 Å². The molecule has 0 aromatic rings. The molecule has 0 aliphatic rings. The summed E-state index contributed by atoms with van der Waals surface area (Å²) >= 11 is 0. The van der Waals surface area contributed by atoms with Gasteiger partial charge in [0.25, 0.3) is 0 Å². The molecular formula is C20H38O3Si. The average Bonchev–Trinajstić information content (AvgIpc) is 2.47. The summed E-state index contributed by atoms with van der Waals surface area (Å²) in [5.74, 6) is -0.827. The Morgan fingerprint density at radius 1 is 1.17 bits per heavy atom. The van der Waals surface area contributed by atoms with Gasteiger partial charge in [0.2, 0.25) is 0 Å². The predicted octanol–water partition coefficient (Wildman–Crippen LogP) is 5.12. The van der Waals surface area contributed by atoms with Gasteiger partial charge >= 0.3 is 0 Å². The first kappa shape index (κ1) is 23.3. The Morgan fingerprint density at radius 3 is 1.96 bits per heavy atom. The molecule has 1 N–H and O–H groups in total. The highest BCUT2D eigenvalue weighted by molar-refractivity contribution is 6.74. The third-order valence-corrected chi connectivity index (χ3v) is 9.87. The predicted molar refractivity (Wildman–Crippen MR) is 106 cm³/mol. The van der Waals surface area contributed by atoms with E-state index in [1.54, 1.807) is 13.8 Å². The number of carbonyl (C=O) groups is 1. The van der Waals surface area contributed by atoms with Gasteiger partial charge in [0, 0.05) is 11.8 Å². The maximum Gasteiger partial charge on any atom is 0.192 e. The molecule has 0 spiro atoms. The van der Waals surface area contributed by atoms with E-state index >= 15 is 0 Å². The first-order valence-corrected chi connectivity index (χ1v) is 11.8. The van der Waals surface area contributed by atoms with Crippen LogP contribution in [0, 0.1) is 11.8 Å². The quantitative estimate of drug-likeness (QED) is 0.461. The maximum absolute atomic E-state index is 12.9. The molecule has 4 atom stereocenters.